The maximum atomic E-state index is 5.23. The van der Waals surface area contributed by atoms with Crippen molar-refractivity contribution in [3.05, 3.63) is 0 Å². The molecule has 0 amide bonds. The molecule has 0 fully saturated rings. The van der Waals surface area contributed by atoms with Crippen LogP contribution < -0.4 is 0 Å². The first-order valence-electron chi connectivity index (χ1n) is 11.1. The molecule has 0 aliphatic carbocycles. The van der Waals surface area contributed by atoms with Gasteiger partial charge in [-0.05, 0) is 30.2 Å². The predicted octanol–water partition coefficient (Wildman–Crippen LogP) is 10.4. The van der Waals surface area contributed by atoms with Crippen LogP contribution in [-0.2, 0) is 0 Å². The van der Waals surface area contributed by atoms with Crippen molar-refractivity contribution < 1.29 is 0 Å². The van der Waals surface area contributed by atoms with Crippen molar-refractivity contribution in [3.63, 3.8) is 0 Å². The average Bonchev–Trinajstić information content (AvgIpc) is 2.27. The molecule has 0 N–H and O–H groups in total. The Labute approximate surface area is 215 Å². The monoisotopic (exact) mass is 616 g/mol. The molecule has 0 aliphatic rings. The van der Waals surface area contributed by atoms with Gasteiger partial charge in [0.1, 0.15) is 0 Å². The fraction of sp³-hybridized carbons (Fsp3) is 1.00. The first kappa shape index (κ1) is 36.7. The minimum absolute atomic E-state index is 0.123. The molecule has 0 bridgehead atoms. The van der Waals surface area contributed by atoms with Gasteiger partial charge in [0.2, 0.25) is 0 Å². The molecule has 6 heteroatoms. The molecule has 0 unspecified atom stereocenters. The summed E-state index contributed by atoms with van der Waals surface area (Å²) in [5.41, 5.74) is 0. The molecule has 4 radical (unpaired) electrons. The summed E-state index contributed by atoms with van der Waals surface area (Å²) in [4.78, 5) is 0. The van der Waals surface area contributed by atoms with Gasteiger partial charge in [-0.15, -0.1) is 0 Å². The van der Waals surface area contributed by atoms with E-state index in [0.29, 0.717) is 30.2 Å². The average molecular weight is 615 g/mol. The standard InChI is InChI=1S/2C12H27Si.Cl2Ge2/c2*1-10(2,3)13(11(4,5)6)12(7,8)9;1-3-4-2/h2*1-9H3;. The molecule has 0 aromatic carbocycles. The Kier molecular flexibility index (Phi) is 16.2. The third-order valence-corrected chi connectivity index (χ3v) is 22.2. The van der Waals surface area contributed by atoms with E-state index in [1.54, 1.807) is 0 Å². The third-order valence-electron chi connectivity index (χ3n) is 4.54. The molecule has 0 saturated carbocycles. The molecule has 180 valence electrons. The van der Waals surface area contributed by atoms with Crippen LogP contribution in [0.1, 0.15) is 125 Å². The van der Waals surface area contributed by atoms with E-state index < -0.39 is 17.6 Å². The van der Waals surface area contributed by atoms with Crippen LogP contribution >= 0.6 is 20.0 Å². The summed E-state index contributed by atoms with van der Waals surface area (Å²) < 4.78 is 0. The van der Waals surface area contributed by atoms with Crippen LogP contribution in [-0.4, -0.2) is 41.6 Å². The van der Waals surface area contributed by atoms with Gasteiger partial charge >= 0.3 is 44.0 Å². The molecule has 30 heavy (non-hydrogen) atoms. The van der Waals surface area contributed by atoms with Crippen molar-refractivity contribution in [2.45, 2.75) is 155 Å². The van der Waals surface area contributed by atoms with E-state index in [1.807, 2.05) is 0 Å². The zero-order chi connectivity index (χ0) is 25.6. The van der Waals surface area contributed by atoms with Crippen LogP contribution in [0, 0.1) is 0 Å². The summed E-state index contributed by atoms with van der Waals surface area (Å²) in [5, 5.41) is 2.92. The summed E-state index contributed by atoms with van der Waals surface area (Å²) in [5.74, 6) is 0. The van der Waals surface area contributed by atoms with Gasteiger partial charge in [0, 0.05) is 0 Å². The van der Waals surface area contributed by atoms with E-state index in [4.69, 9.17) is 20.0 Å². The molecule has 0 spiro atoms. The Morgan fingerprint density at radius 2 is 0.433 bits per heavy atom. The van der Waals surface area contributed by atoms with E-state index in [-0.39, 0.29) is 24.0 Å². The van der Waals surface area contributed by atoms with Crippen molar-refractivity contribution >= 4 is 61.6 Å². The normalized spacial score (nSPS) is 14.5. The second kappa shape index (κ2) is 13.3. The topological polar surface area (TPSA) is 0 Å². The van der Waals surface area contributed by atoms with E-state index in [1.165, 1.54) is 0 Å². The van der Waals surface area contributed by atoms with Crippen LogP contribution in [0.4, 0.5) is 0 Å². The van der Waals surface area contributed by atoms with Gasteiger partial charge in [-0.1, -0.05) is 125 Å². The van der Waals surface area contributed by atoms with E-state index in [9.17, 15) is 0 Å². The van der Waals surface area contributed by atoms with Gasteiger partial charge in [-0.2, -0.15) is 0 Å². The Balaban J connectivity index is -0.000000412. The number of rotatable bonds is 0. The molecule has 0 saturated heterocycles. The molecule has 0 rings (SSSR count). The molecule has 0 aliphatic heterocycles. The minimum atomic E-state index is -0.391. The molecule has 0 atom stereocenters. The van der Waals surface area contributed by atoms with Crippen molar-refractivity contribution in [2.24, 2.45) is 0 Å². The van der Waals surface area contributed by atoms with Gasteiger partial charge in [-0.3, -0.25) is 0 Å². The van der Waals surface area contributed by atoms with Crippen LogP contribution in [0.15, 0.2) is 0 Å². The van der Waals surface area contributed by atoms with Crippen LogP contribution in [0.3, 0.4) is 0 Å². The molecule has 0 aromatic rings. The second-order valence-corrected chi connectivity index (χ2v) is 40.1. The molecular weight excluding hydrogens is 561 g/mol. The van der Waals surface area contributed by atoms with Gasteiger partial charge < -0.3 is 0 Å². The Hall–Kier alpha value is 2.10. The van der Waals surface area contributed by atoms with Crippen LogP contribution in [0.5, 0.6) is 0 Å². The Bertz CT molecular complexity index is 380. The number of hydrogen-bond donors (Lipinski definition) is 0. The third kappa shape index (κ3) is 16.7. The zero-order valence-corrected chi connectivity index (χ0v) is 31.5. The summed E-state index contributed by atoms with van der Waals surface area (Å²) in [6.45, 7) is 43.2. The van der Waals surface area contributed by atoms with Gasteiger partial charge in [0.05, 0.1) is 17.6 Å². The number of hydrogen-bond acceptors (Lipinski definition) is 0. The zero-order valence-electron chi connectivity index (χ0n) is 23.8. The quantitative estimate of drug-likeness (QED) is 0.238. The molecule has 0 nitrogen and oxygen atoms in total. The van der Waals surface area contributed by atoms with E-state index >= 15 is 0 Å². The van der Waals surface area contributed by atoms with E-state index in [2.05, 4.69) is 125 Å². The summed E-state index contributed by atoms with van der Waals surface area (Å²) in [6.07, 6.45) is 0. The van der Waals surface area contributed by atoms with Crippen molar-refractivity contribution in [1.82, 2.24) is 0 Å². The first-order valence-corrected chi connectivity index (χ1v) is 26.1. The van der Waals surface area contributed by atoms with Crippen molar-refractivity contribution in [1.29, 1.82) is 0 Å². The fourth-order valence-electron chi connectivity index (χ4n) is 6.75. The van der Waals surface area contributed by atoms with Gasteiger partial charge in [-0.25, -0.2) is 0 Å². The maximum absolute atomic E-state index is 5.23. The second-order valence-electron chi connectivity index (χ2n) is 14.4. The summed E-state index contributed by atoms with van der Waals surface area (Å²) in [7, 11) is 9.69. The molecule has 0 aromatic heterocycles. The van der Waals surface area contributed by atoms with Crippen molar-refractivity contribution in [3.8, 4) is 0 Å². The first-order chi connectivity index (χ1) is 12.6. The Morgan fingerprint density at radius 3 is 0.433 bits per heavy atom. The van der Waals surface area contributed by atoms with Crippen LogP contribution in [0.25, 0.3) is 0 Å². The summed E-state index contributed by atoms with van der Waals surface area (Å²) >= 11 is -0.247. The van der Waals surface area contributed by atoms with Crippen molar-refractivity contribution in [2.75, 3.05) is 0 Å². The SMILES string of the molecule is CC(C)(C)[Si](C(C)(C)C)C(C)(C)C.CC(C)(C)[Si](C(C)(C)C)C(C)(C)C.[Cl][Ge]=[Ge][Cl]. The van der Waals surface area contributed by atoms with Crippen LogP contribution in [0.2, 0.25) is 30.2 Å². The van der Waals surface area contributed by atoms with Gasteiger partial charge in [0.15, 0.2) is 0 Å². The predicted molar refractivity (Wildman–Crippen MR) is 153 cm³/mol. The number of halogens is 2. The fourth-order valence-corrected chi connectivity index (χ4v) is 20.2. The van der Waals surface area contributed by atoms with E-state index in [0.717, 1.165) is 0 Å². The molecule has 0 heterocycles. The van der Waals surface area contributed by atoms with Gasteiger partial charge in [0.25, 0.3) is 0 Å². The Morgan fingerprint density at radius 1 is 0.333 bits per heavy atom. The summed E-state index contributed by atoms with van der Waals surface area (Å²) in [6, 6.07) is 0. The molecular formula is C24H54Cl2Ge2Si2.